The first-order valence-electron chi connectivity index (χ1n) is 6.74. The van der Waals surface area contributed by atoms with Crippen LogP contribution < -0.4 is 4.74 Å². The van der Waals surface area contributed by atoms with Crippen LogP contribution in [0.3, 0.4) is 0 Å². The number of ether oxygens (including phenoxy) is 4. The highest BCUT2D eigenvalue weighted by Crippen LogP contribution is 2.14. The van der Waals surface area contributed by atoms with Crippen LogP contribution in [0.4, 0.5) is 0 Å². The van der Waals surface area contributed by atoms with Crippen LogP contribution in [0.15, 0.2) is 24.3 Å². The molecule has 2 N–H and O–H groups in total. The molecule has 1 atom stereocenters. The van der Waals surface area contributed by atoms with Crippen molar-refractivity contribution in [2.75, 3.05) is 40.8 Å². The van der Waals surface area contributed by atoms with Crippen LogP contribution in [0.1, 0.15) is 12.0 Å². The molecule has 1 rings (SSSR count). The summed E-state index contributed by atoms with van der Waals surface area (Å²) in [5, 5.41) is 19.4. The Balaban J connectivity index is 2.32. The molecule has 0 saturated carbocycles. The van der Waals surface area contributed by atoms with Crippen LogP contribution in [0.25, 0.3) is 0 Å². The number of aliphatic hydroxyl groups excluding tert-OH is 1. The first kappa shape index (κ1) is 17.9. The van der Waals surface area contributed by atoms with Gasteiger partial charge in [-0.25, -0.2) is 0 Å². The molecule has 0 aromatic heterocycles. The van der Waals surface area contributed by atoms with Gasteiger partial charge in [-0.3, -0.25) is 0 Å². The van der Waals surface area contributed by atoms with Gasteiger partial charge >= 0.3 is 0 Å². The molecule has 21 heavy (non-hydrogen) atoms. The van der Waals surface area contributed by atoms with Gasteiger partial charge in [0.15, 0.2) is 0 Å². The van der Waals surface area contributed by atoms with Gasteiger partial charge in [-0.05, 0) is 17.7 Å². The maximum Gasteiger partial charge on any atom is 0.146 e. The van der Waals surface area contributed by atoms with E-state index >= 15 is 0 Å². The minimum absolute atomic E-state index is 0.0336. The Morgan fingerprint density at radius 3 is 2.38 bits per heavy atom. The molecule has 1 unspecified atom stereocenters. The number of rotatable bonds is 11. The second-order valence-corrected chi connectivity index (χ2v) is 4.79. The van der Waals surface area contributed by atoms with Crippen LogP contribution in [0.5, 0.6) is 5.75 Å². The van der Waals surface area contributed by atoms with Crippen molar-refractivity contribution in [3.05, 3.63) is 29.8 Å². The van der Waals surface area contributed by atoms with Crippen molar-refractivity contribution in [3.8, 4) is 5.75 Å². The average Bonchev–Trinajstić information content (AvgIpc) is 2.52. The molecule has 1 aromatic rings. The van der Waals surface area contributed by atoms with Crippen molar-refractivity contribution in [1.29, 1.82) is 0 Å². The largest absolute Gasteiger partial charge is 0.497 e. The van der Waals surface area contributed by atoms with E-state index in [0.717, 1.165) is 11.3 Å². The zero-order chi connectivity index (χ0) is 15.6. The lowest BCUT2D eigenvalue weighted by molar-refractivity contribution is -0.109. The average molecular weight is 300 g/mol. The lowest BCUT2D eigenvalue weighted by atomic mass is 10.0. The highest BCUT2D eigenvalue weighted by atomic mass is 16.7. The summed E-state index contributed by atoms with van der Waals surface area (Å²) >= 11 is 0. The Hall–Kier alpha value is -1.18. The van der Waals surface area contributed by atoms with Crippen LogP contribution in [-0.4, -0.2) is 56.6 Å². The molecule has 6 heteroatoms. The van der Waals surface area contributed by atoms with Gasteiger partial charge in [-0.1, -0.05) is 12.1 Å². The van der Waals surface area contributed by atoms with E-state index in [-0.39, 0.29) is 33.0 Å². The van der Waals surface area contributed by atoms with Crippen molar-refractivity contribution in [2.24, 2.45) is 0 Å². The van der Waals surface area contributed by atoms with Crippen molar-refractivity contribution in [3.63, 3.8) is 0 Å². The maximum absolute atomic E-state index is 10.2. The van der Waals surface area contributed by atoms with E-state index in [1.165, 1.54) is 7.11 Å². The fraction of sp³-hybridized carbons (Fsp3) is 0.600. The van der Waals surface area contributed by atoms with Gasteiger partial charge in [0.25, 0.3) is 0 Å². The Labute approximate surface area is 125 Å². The molecule has 0 heterocycles. The van der Waals surface area contributed by atoms with E-state index < -0.39 is 5.60 Å². The molecular formula is C15H24O6. The van der Waals surface area contributed by atoms with Gasteiger partial charge in [0.2, 0.25) is 0 Å². The van der Waals surface area contributed by atoms with Crippen LogP contribution in [0.2, 0.25) is 0 Å². The van der Waals surface area contributed by atoms with Crippen molar-refractivity contribution in [2.45, 2.75) is 18.6 Å². The maximum atomic E-state index is 10.2. The smallest absolute Gasteiger partial charge is 0.146 e. The standard InChI is InChI=1S/C15H24O6/c1-18-12-20-8-7-15(17,10-16)11-21-9-13-3-5-14(19-2)6-4-13/h3-6,16-17H,7-12H2,1-2H3. The molecule has 0 amide bonds. The zero-order valence-corrected chi connectivity index (χ0v) is 12.6. The molecule has 0 radical (unpaired) electrons. The van der Waals surface area contributed by atoms with Crippen molar-refractivity contribution >= 4 is 0 Å². The summed E-state index contributed by atoms with van der Waals surface area (Å²) in [5.74, 6) is 0.779. The number of benzene rings is 1. The highest BCUT2D eigenvalue weighted by Gasteiger charge is 2.26. The van der Waals surface area contributed by atoms with Crippen LogP contribution in [0, 0.1) is 0 Å². The predicted octanol–water partition coefficient (Wildman–Crippen LogP) is 0.946. The van der Waals surface area contributed by atoms with Crippen LogP contribution in [-0.2, 0) is 20.8 Å². The number of hydrogen-bond acceptors (Lipinski definition) is 6. The lowest BCUT2D eigenvalue weighted by Crippen LogP contribution is -2.39. The van der Waals surface area contributed by atoms with Crippen LogP contribution >= 0.6 is 0 Å². The Morgan fingerprint density at radius 2 is 1.81 bits per heavy atom. The number of methoxy groups -OCH3 is 2. The number of hydrogen-bond donors (Lipinski definition) is 2. The molecular weight excluding hydrogens is 276 g/mol. The third-order valence-electron chi connectivity index (χ3n) is 3.01. The Morgan fingerprint density at radius 1 is 1.10 bits per heavy atom. The second-order valence-electron chi connectivity index (χ2n) is 4.79. The molecule has 1 aromatic carbocycles. The summed E-state index contributed by atoms with van der Waals surface area (Å²) in [6, 6.07) is 7.46. The van der Waals surface area contributed by atoms with Gasteiger partial charge in [-0.15, -0.1) is 0 Å². The fourth-order valence-electron chi connectivity index (χ4n) is 1.68. The van der Waals surface area contributed by atoms with Crippen molar-refractivity contribution in [1.82, 2.24) is 0 Å². The molecule has 0 spiro atoms. The third-order valence-corrected chi connectivity index (χ3v) is 3.01. The third kappa shape index (κ3) is 6.88. The highest BCUT2D eigenvalue weighted by molar-refractivity contribution is 5.26. The van der Waals surface area contributed by atoms with Gasteiger partial charge in [-0.2, -0.15) is 0 Å². The quantitative estimate of drug-likeness (QED) is 0.468. The molecule has 0 aliphatic heterocycles. The molecule has 0 saturated heterocycles. The monoisotopic (exact) mass is 300 g/mol. The molecule has 120 valence electrons. The van der Waals surface area contributed by atoms with Gasteiger partial charge in [0.1, 0.15) is 18.1 Å². The van der Waals surface area contributed by atoms with Gasteiger partial charge in [0.05, 0.1) is 33.5 Å². The molecule has 0 fully saturated rings. The predicted molar refractivity (Wildman–Crippen MR) is 77.1 cm³/mol. The Kier molecular flexibility index (Phi) is 8.26. The molecule has 0 aliphatic rings. The topological polar surface area (TPSA) is 77.4 Å². The zero-order valence-electron chi connectivity index (χ0n) is 12.6. The minimum atomic E-state index is -1.31. The lowest BCUT2D eigenvalue weighted by Gasteiger charge is -2.25. The van der Waals surface area contributed by atoms with E-state index in [4.69, 9.17) is 18.9 Å². The molecule has 0 bridgehead atoms. The second kappa shape index (κ2) is 9.70. The van der Waals surface area contributed by atoms with Gasteiger partial charge < -0.3 is 29.2 Å². The summed E-state index contributed by atoms with van der Waals surface area (Å²) in [4.78, 5) is 0. The summed E-state index contributed by atoms with van der Waals surface area (Å²) in [6.45, 7) is 0.452. The number of aliphatic hydroxyl groups is 2. The van der Waals surface area contributed by atoms with E-state index in [9.17, 15) is 10.2 Å². The van der Waals surface area contributed by atoms with E-state index in [0.29, 0.717) is 6.61 Å². The summed E-state index contributed by atoms with van der Waals surface area (Å²) in [6.07, 6.45) is 0.273. The summed E-state index contributed by atoms with van der Waals surface area (Å²) in [5.41, 5.74) is -0.341. The normalized spacial score (nSPS) is 13.9. The first-order chi connectivity index (χ1) is 10.1. The SMILES string of the molecule is COCOCCC(O)(CO)COCc1ccc(OC)cc1. The molecule has 6 nitrogen and oxygen atoms in total. The Bertz CT molecular complexity index is 380. The summed E-state index contributed by atoms with van der Waals surface area (Å²) in [7, 11) is 3.13. The summed E-state index contributed by atoms with van der Waals surface area (Å²) < 4.78 is 20.4. The van der Waals surface area contributed by atoms with E-state index in [1.54, 1.807) is 7.11 Å². The van der Waals surface area contributed by atoms with E-state index in [1.807, 2.05) is 24.3 Å². The van der Waals surface area contributed by atoms with Gasteiger partial charge in [0, 0.05) is 13.5 Å². The molecule has 0 aliphatic carbocycles. The first-order valence-corrected chi connectivity index (χ1v) is 6.74. The van der Waals surface area contributed by atoms with E-state index in [2.05, 4.69) is 0 Å². The fourth-order valence-corrected chi connectivity index (χ4v) is 1.68. The minimum Gasteiger partial charge on any atom is -0.497 e. The van der Waals surface area contributed by atoms with Crippen molar-refractivity contribution < 1.29 is 29.2 Å².